The molecule has 2 atom stereocenters. The molecule has 15 heteroatoms. The average molecular weight is 887 g/mol. The molecule has 0 aromatic heterocycles. The smallest absolute Gasteiger partial charge is 0.393 e. The number of ether oxygens (including phenoxy) is 1. The van der Waals surface area contributed by atoms with Gasteiger partial charge in [0.2, 0.25) is 0 Å². The molecule has 0 bridgehead atoms. The Labute approximate surface area is 338 Å². The van der Waals surface area contributed by atoms with E-state index in [2.05, 4.69) is 26.2 Å². The van der Waals surface area contributed by atoms with Crippen molar-refractivity contribution in [3.8, 4) is 0 Å². The van der Waals surface area contributed by atoms with Gasteiger partial charge in [-0.3, -0.25) is 0 Å². The number of aryl methyl sites for hydroxylation is 2. The summed E-state index contributed by atoms with van der Waals surface area (Å²) in [5.41, 5.74) is 4.26. The Morgan fingerprint density at radius 1 is 0.732 bits per heavy atom. The Balaban J connectivity index is 0.000000216. The summed E-state index contributed by atoms with van der Waals surface area (Å²) in [6, 6.07) is 20.3. The molecule has 4 aromatic carbocycles. The Morgan fingerprint density at radius 3 is 1.62 bits per heavy atom. The van der Waals surface area contributed by atoms with E-state index in [9.17, 15) is 31.1 Å². The van der Waals surface area contributed by atoms with Crippen LogP contribution in [0, 0.1) is 13.8 Å². The fourth-order valence-electron chi connectivity index (χ4n) is 6.43. The molecular weight excluding hydrogens is 849 g/mol. The van der Waals surface area contributed by atoms with Crippen LogP contribution in [0.3, 0.4) is 0 Å². The third-order valence-corrected chi connectivity index (χ3v) is 10.3. The van der Waals surface area contributed by atoms with Gasteiger partial charge >= 0.3 is 18.3 Å². The van der Waals surface area contributed by atoms with Crippen molar-refractivity contribution in [3.05, 3.63) is 137 Å². The molecule has 2 unspecified atom stereocenters. The number of oxime groups is 2. The van der Waals surface area contributed by atoms with Gasteiger partial charge in [-0.1, -0.05) is 73.7 Å². The lowest BCUT2D eigenvalue weighted by Gasteiger charge is -2.22. The monoisotopic (exact) mass is 884 g/mol. The first-order valence-corrected chi connectivity index (χ1v) is 18.9. The number of carbonyl (C=O) groups is 1. The van der Waals surface area contributed by atoms with Crippen molar-refractivity contribution in [2.75, 3.05) is 6.61 Å². The van der Waals surface area contributed by atoms with Crippen LogP contribution in [0.2, 0.25) is 10.0 Å². The molecule has 0 aliphatic carbocycles. The molecule has 0 amide bonds. The molecule has 2 heterocycles. The van der Waals surface area contributed by atoms with Gasteiger partial charge in [-0.05, 0) is 128 Å². The molecule has 4 aromatic rings. The van der Waals surface area contributed by atoms with Crippen LogP contribution in [-0.2, 0) is 38.5 Å². The van der Waals surface area contributed by atoms with Crippen LogP contribution in [0.5, 0.6) is 0 Å². The molecule has 2 aliphatic rings. The second-order valence-electron chi connectivity index (χ2n) is 14.1. The number of hydrogen-bond acceptors (Lipinski definition) is 6. The predicted octanol–water partition coefficient (Wildman–Crippen LogP) is 12.5. The Bertz CT molecular complexity index is 2150. The highest BCUT2D eigenvalue weighted by atomic mass is 79.9. The zero-order valence-electron chi connectivity index (χ0n) is 30.9. The standard InChI is InChI=1S/C22H21ClF3NO3.C19H16BrClF3NO/c1-4-29-20(28)18-6-5-14(9-15(18)11-22(24,25)26)19-12-21(3,30-27-19)16-7-13(2)8-17(23)10-16;1-11-5-14(8-15(21)6-11)18(2)10-17(25-26-18)12-3-4-16(20)13(7-12)9-19(22,23)24/h5-10H,4,11-12H2,1-3H3;3-8H,9-10H2,1-2H3. The lowest BCUT2D eigenvalue weighted by atomic mass is 9.87. The minimum Gasteiger partial charge on any atom is -0.462 e. The summed E-state index contributed by atoms with van der Waals surface area (Å²) in [7, 11) is 0. The van der Waals surface area contributed by atoms with Crippen molar-refractivity contribution in [2.45, 2.75) is 83.9 Å². The summed E-state index contributed by atoms with van der Waals surface area (Å²) in [6.07, 6.45) is -10.2. The maximum absolute atomic E-state index is 13.1. The Morgan fingerprint density at radius 2 is 1.18 bits per heavy atom. The van der Waals surface area contributed by atoms with Crippen LogP contribution in [-0.4, -0.2) is 36.4 Å². The molecule has 6 rings (SSSR count). The minimum absolute atomic E-state index is 0.0734. The van der Waals surface area contributed by atoms with E-state index in [1.165, 1.54) is 18.2 Å². The maximum Gasteiger partial charge on any atom is 0.393 e. The maximum atomic E-state index is 13.1. The first kappa shape index (κ1) is 43.1. The van der Waals surface area contributed by atoms with E-state index in [-0.39, 0.29) is 23.3 Å². The number of halogens is 9. The third kappa shape index (κ3) is 10.9. The van der Waals surface area contributed by atoms with E-state index in [4.69, 9.17) is 37.6 Å². The lowest BCUT2D eigenvalue weighted by Crippen LogP contribution is -2.22. The first-order chi connectivity index (χ1) is 26.1. The van der Waals surface area contributed by atoms with Gasteiger partial charge in [0.25, 0.3) is 0 Å². The first-order valence-electron chi connectivity index (χ1n) is 17.3. The molecular formula is C41H37BrCl2F6N2O4. The zero-order chi connectivity index (χ0) is 41.2. The molecule has 0 fully saturated rings. The van der Waals surface area contributed by atoms with Gasteiger partial charge in [0.05, 0.1) is 36.4 Å². The summed E-state index contributed by atoms with van der Waals surface area (Å²) in [5, 5.41) is 9.43. The topological polar surface area (TPSA) is 69.5 Å². The van der Waals surface area contributed by atoms with Crippen LogP contribution < -0.4 is 0 Å². The second-order valence-corrected chi connectivity index (χ2v) is 15.8. The average Bonchev–Trinajstić information content (AvgIpc) is 3.69. The number of benzene rings is 4. The Kier molecular flexibility index (Phi) is 12.9. The van der Waals surface area contributed by atoms with E-state index in [0.717, 1.165) is 22.3 Å². The number of esters is 1. The van der Waals surface area contributed by atoms with Gasteiger partial charge in [0.15, 0.2) is 11.2 Å². The van der Waals surface area contributed by atoms with Gasteiger partial charge in [-0.15, -0.1) is 0 Å². The summed E-state index contributed by atoms with van der Waals surface area (Å²) in [4.78, 5) is 23.4. The quantitative estimate of drug-likeness (QED) is 0.131. The molecule has 298 valence electrons. The third-order valence-electron chi connectivity index (χ3n) is 9.12. The van der Waals surface area contributed by atoms with Crippen LogP contribution in [0.4, 0.5) is 26.3 Å². The highest BCUT2D eigenvalue weighted by Crippen LogP contribution is 2.40. The molecule has 0 N–H and O–H groups in total. The van der Waals surface area contributed by atoms with Gasteiger partial charge < -0.3 is 14.4 Å². The molecule has 0 spiro atoms. The zero-order valence-corrected chi connectivity index (χ0v) is 34.0. The van der Waals surface area contributed by atoms with Crippen molar-refractivity contribution in [3.63, 3.8) is 0 Å². The number of alkyl halides is 6. The van der Waals surface area contributed by atoms with Gasteiger partial charge in [-0.2, -0.15) is 26.3 Å². The highest BCUT2D eigenvalue weighted by molar-refractivity contribution is 9.10. The van der Waals surface area contributed by atoms with Crippen LogP contribution in [0.25, 0.3) is 0 Å². The van der Waals surface area contributed by atoms with Crippen LogP contribution in [0.15, 0.2) is 87.6 Å². The van der Waals surface area contributed by atoms with E-state index < -0.39 is 42.4 Å². The van der Waals surface area contributed by atoms with Gasteiger partial charge in [0.1, 0.15) is 0 Å². The molecule has 0 saturated heterocycles. The molecule has 0 radical (unpaired) electrons. The van der Waals surface area contributed by atoms with E-state index in [1.54, 1.807) is 31.2 Å². The number of carbonyl (C=O) groups excluding carboxylic acids is 1. The van der Waals surface area contributed by atoms with E-state index in [1.807, 2.05) is 58.0 Å². The normalized spacial score (nSPS) is 19.3. The second kappa shape index (κ2) is 16.8. The molecule has 56 heavy (non-hydrogen) atoms. The molecule has 6 nitrogen and oxygen atoms in total. The summed E-state index contributed by atoms with van der Waals surface area (Å²) < 4.78 is 82.8. The number of nitrogens with zero attached hydrogens (tertiary/aromatic N) is 2. The summed E-state index contributed by atoms with van der Waals surface area (Å²) >= 11 is 15.5. The lowest BCUT2D eigenvalue weighted by molar-refractivity contribution is -0.128. The fraction of sp³-hybridized carbons (Fsp3) is 0.341. The minimum atomic E-state index is -4.47. The summed E-state index contributed by atoms with van der Waals surface area (Å²) in [5.74, 6) is -0.785. The molecule has 2 aliphatic heterocycles. The number of rotatable bonds is 8. The SMILES string of the molecule is CCOC(=O)c1ccc(C2=NOC(C)(c3cc(C)cc(Cl)c3)C2)cc1CC(F)(F)F.Cc1cc(Cl)cc(C2(C)CC(c3ccc(Br)c(CC(F)(F)F)c3)=NO2)c1. The van der Waals surface area contributed by atoms with Crippen molar-refractivity contribution >= 4 is 56.5 Å². The molecule has 0 saturated carbocycles. The van der Waals surface area contributed by atoms with Crippen molar-refractivity contribution in [1.82, 2.24) is 0 Å². The Hall–Kier alpha value is -4.07. The van der Waals surface area contributed by atoms with E-state index in [0.29, 0.717) is 49.9 Å². The van der Waals surface area contributed by atoms with Gasteiger partial charge in [0, 0.05) is 27.4 Å². The largest absolute Gasteiger partial charge is 0.462 e. The summed E-state index contributed by atoms with van der Waals surface area (Å²) in [6.45, 7) is 9.26. The highest BCUT2D eigenvalue weighted by Gasteiger charge is 2.39. The predicted molar refractivity (Wildman–Crippen MR) is 208 cm³/mol. The fourth-order valence-corrected chi connectivity index (χ4v) is 7.40. The van der Waals surface area contributed by atoms with Crippen molar-refractivity contribution in [1.29, 1.82) is 0 Å². The van der Waals surface area contributed by atoms with Crippen LogP contribution in [0.1, 0.15) is 88.5 Å². The van der Waals surface area contributed by atoms with Gasteiger partial charge in [-0.25, -0.2) is 4.79 Å². The van der Waals surface area contributed by atoms with Crippen LogP contribution >= 0.6 is 39.1 Å². The van der Waals surface area contributed by atoms with Crippen molar-refractivity contribution < 1.29 is 45.5 Å². The van der Waals surface area contributed by atoms with Crippen molar-refractivity contribution in [2.24, 2.45) is 10.3 Å². The number of hydrogen-bond donors (Lipinski definition) is 0. The van der Waals surface area contributed by atoms with E-state index >= 15 is 0 Å².